The summed E-state index contributed by atoms with van der Waals surface area (Å²) in [5.41, 5.74) is 0. The molecule has 1 aromatic rings. The molecule has 7 heteroatoms. The minimum absolute atomic E-state index is 0.0893. The van der Waals surface area contributed by atoms with Gasteiger partial charge in [-0.25, -0.2) is 4.98 Å². The van der Waals surface area contributed by atoms with Crippen LogP contribution < -0.4 is 0 Å². The van der Waals surface area contributed by atoms with Crippen molar-refractivity contribution in [3.8, 4) is 0 Å². The van der Waals surface area contributed by atoms with Gasteiger partial charge in [-0.2, -0.15) is 15.0 Å². The molecule has 0 unspecified atom stereocenters. The molecule has 12 heavy (non-hydrogen) atoms. The summed E-state index contributed by atoms with van der Waals surface area (Å²) in [6.07, 6.45) is 1.31. The maximum absolute atomic E-state index is 9.79. The van der Waals surface area contributed by atoms with E-state index in [1.54, 1.807) is 0 Å². The van der Waals surface area contributed by atoms with Crippen molar-refractivity contribution < 1.29 is 14.6 Å². The molecule has 0 aromatic carbocycles. The fourth-order valence-electron chi connectivity index (χ4n) is 0.432. The quantitative estimate of drug-likeness (QED) is 0.388. The van der Waals surface area contributed by atoms with E-state index in [1.165, 1.54) is 12.4 Å². The van der Waals surface area contributed by atoms with Crippen LogP contribution in [0.2, 0.25) is 0 Å². The SMILES string of the molecule is [O]C(=O)OCSc1nccnn1. The third-order valence-corrected chi connectivity index (χ3v) is 1.51. The summed E-state index contributed by atoms with van der Waals surface area (Å²) in [5.74, 6) is -0.0893. The highest BCUT2D eigenvalue weighted by atomic mass is 32.2. The first kappa shape index (κ1) is 8.72. The molecule has 0 saturated heterocycles. The van der Waals surface area contributed by atoms with Gasteiger partial charge in [-0.05, 0) is 11.8 Å². The minimum Gasteiger partial charge on any atom is -0.420 e. The van der Waals surface area contributed by atoms with Crippen LogP contribution in [-0.4, -0.2) is 27.3 Å². The molecule has 0 atom stereocenters. The van der Waals surface area contributed by atoms with Crippen LogP contribution in [0.4, 0.5) is 4.79 Å². The zero-order valence-electron chi connectivity index (χ0n) is 5.84. The molecule has 0 saturated carbocycles. The Labute approximate surface area is 72.0 Å². The Bertz CT molecular complexity index is 255. The Kier molecular flexibility index (Phi) is 3.27. The molecular formula is C5H4N3O3S. The zero-order chi connectivity index (χ0) is 8.81. The lowest BCUT2D eigenvalue weighted by Gasteiger charge is -1.95. The van der Waals surface area contributed by atoms with Gasteiger partial charge >= 0.3 is 6.16 Å². The molecule has 0 bridgehead atoms. The summed E-state index contributed by atoms with van der Waals surface area (Å²) in [7, 11) is 0. The largest absolute Gasteiger partial charge is 0.550 e. The lowest BCUT2D eigenvalue weighted by molar-refractivity contribution is 0.0831. The van der Waals surface area contributed by atoms with E-state index in [4.69, 9.17) is 0 Å². The first-order valence-electron chi connectivity index (χ1n) is 2.89. The van der Waals surface area contributed by atoms with Gasteiger partial charge in [-0.1, -0.05) is 0 Å². The van der Waals surface area contributed by atoms with E-state index in [1.807, 2.05) is 0 Å². The minimum atomic E-state index is -1.56. The normalized spacial score (nSPS) is 9.33. The summed E-state index contributed by atoms with van der Waals surface area (Å²) in [6.45, 7) is 0. The molecule has 0 aliphatic heterocycles. The number of ether oxygens (including phenoxy) is 1. The Hall–Kier alpha value is -1.37. The smallest absolute Gasteiger partial charge is 0.420 e. The third-order valence-electron chi connectivity index (χ3n) is 0.826. The average molecular weight is 186 g/mol. The number of hydrogen-bond donors (Lipinski definition) is 0. The number of aromatic nitrogens is 3. The topological polar surface area (TPSA) is 84.9 Å². The molecular weight excluding hydrogens is 182 g/mol. The van der Waals surface area contributed by atoms with Gasteiger partial charge in [0.15, 0.2) is 0 Å². The number of carbonyl (C=O) groups excluding carboxylic acids is 1. The van der Waals surface area contributed by atoms with Crippen LogP contribution in [0.5, 0.6) is 0 Å². The summed E-state index contributed by atoms with van der Waals surface area (Å²) < 4.78 is 4.11. The third kappa shape index (κ3) is 3.15. The van der Waals surface area contributed by atoms with Gasteiger partial charge in [0.2, 0.25) is 5.16 Å². The standard InChI is InChI=1S/C5H4N3O3S/c9-5(10)11-3-12-4-6-1-2-7-8-4/h1-2H,3H2. The number of nitrogens with zero attached hydrogens (tertiary/aromatic N) is 3. The van der Waals surface area contributed by atoms with E-state index in [2.05, 4.69) is 19.9 Å². The van der Waals surface area contributed by atoms with Gasteiger partial charge in [0.1, 0.15) is 5.94 Å². The van der Waals surface area contributed by atoms with Gasteiger partial charge in [-0.3, -0.25) is 0 Å². The van der Waals surface area contributed by atoms with Gasteiger partial charge < -0.3 is 4.74 Å². The molecule has 63 valence electrons. The monoisotopic (exact) mass is 186 g/mol. The molecule has 6 nitrogen and oxygen atoms in total. The van der Waals surface area contributed by atoms with Crippen LogP contribution >= 0.6 is 11.8 Å². The first-order chi connectivity index (χ1) is 5.79. The number of thioether (sulfide) groups is 1. The van der Waals surface area contributed by atoms with Crippen molar-refractivity contribution in [2.75, 3.05) is 5.94 Å². The Balaban J connectivity index is 2.29. The van der Waals surface area contributed by atoms with E-state index in [0.717, 1.165) is 11.8 Å². The van der Waals surface area contributed by atoms with Crippen molar-refractivity contribution in [1.29, 1.82) is 0 Å². The number of carbonyl (C=O) groups is 1. The van der Waals surface area contributed by atoms with E-state index in [0.29, 0.717) is 5.16 Å². The van der Waals surface area contributed by atoms with Crippen LogP contribution in [0.15, 0.2) is 17.6 Å². The molecule has 0 amide bonds. The summed E-state index contributed by atoms with van der Waals surface area (Å²) in [6, 6.07) is 0. The van der Waals surface area contributed by atoms with E-state index >= 15 is 0 Å². The Morgan fingerprint density at radius 1 is 1.58 bits per heavy atom. The summed E-state index contributed by atoms with van der Waals surface area (Å²) in [4.78, 5) is 13.6. The molecule has 1 radical (unpaired) electrons. The predicted molar refractivity (Wildman–Crippen MR) is 37.7 cm³/mol. The van der Waals surface area contributed by atoms with Gasteiger partial charge in [-0.15, -0.1) is 5.10 Å². The summed E-state index contributed by atoms with van der Waals surface area (Å²) >= 11 is 1.02. The maximum Gasteiger partial charge on any atom is 0.550 e. The van der Waals surface area contributed by atoms with Crippen molar-refractivity contribution >= 4 is 17.9 Å². The number of hydrogen-bond acceptors (Lipinski definition) is 6. The highest BCUT2D eigenvalue weighted by Gasteiger charge is 2.01. The molecule has 0 aliphatic rings. The Morgan fingerprint density at radius 2 is 2.42 bits per heavy atom. The van der Waals surface area contributed by atoms with Crippen molar-refractivity contribution in [3.63, 3.8) is 0 Å². The van der Waals surface area contributed by atoms with E-state index in [9.17, 15) is 9.90 Å². The van der Waals surface area contributed by atoms with Crippen LogP contribution in [0.25, 0.3) is 0 Å². The van der Waals surface area contributed by atoms with Crippen LogP contribution in [0.3, 0.4) is 0 Å². The van der Waals surface area contributed by atoms with Crippen molar-refractivity contribution in [2.24, 2.45) is 0 Å². The number of rotatable bonds is 3. The highest BCUT2D eigenvalue weighted by Crippen LogP contribution is 2.09. The average Bonchev–Trinajstić information content (AvgIpc) is 2.05. The predicted octanol–water partition coefficient (Wildman–Crippen LogP) is 0.488. The molecule has 0 spiro atoms. The maximum atomic E-state index is 9.79. The second-order valence-electron chi connectivity index (χ2n) is 1.58. The van der Waals surface area contributed by atoms with Crippen molar-refractivity contribution in [2.45, 2.75) is 5.16 Å². The fraction of sp³-hybridized carbons (Fsp3) is 0.200. The molecule has 0 aliphatic carbocycles. The van der Waals surface area contributed by atoms with Crippen molar-refractivity contribution in [3.05, 3.63) is 12.4 Å². The van der Waals surface area contributed by atoms with Gasteiger partial charge in [0.05, 0.1) is 12.4 Å². The van der Waals surface area contributed by atoms with Crippen molar-refractivity contribution in [1.82, 2.24) is 15.2 Å². The van der Waals surface area contributed by atoms with Crippen LogP contribution in [0, 0.1) is 0 Å². The second kappa shape index (κ2) is 4.50. The Morgan fingerprint density at radius 3 is 3.00 bits per heavy atom. The zero-order valence-corrected chi connectivity index (χ0v) is 6.65. The van der Waals surface area contributed by atoms with Crippen LogP contribution in [0.1, 0.15) is 0 Å². The molecule has 1 aromatic heterocycles. The molecule has 1 heterocycles. The van der Waals surface area contributed by atoms with Gasteiger partial charge in [0.25, 0.3) is 0 Å². The fourth-order valence-corrected chi connectivity index (χ4v) is 0.933. The molecule has 0 fully saturated rings. The first-order valence-corrected chi connectivity index (χ1v) is 3.88. The summed E-state index contributed by atoms with van der Waals surface area (Å²) in [5, 5.41) is 17.3. The van der Waals surface area contributed by atoms with Gasteiger partial charge in [0, 0.05) is 0 Å². The van der Waals surface area contributed by atoms with Crippen LogP contribution in [-0.2, 0) is 9.84 Å². The lowest BCUT2D eigenvalue weighted by atomic mass is 10.9. The van der Waals surface area contributed by atoms with E-state index < -0.39 is 6.16 Å². The lowest BCUT2D eigenvalue weighted by Crippen LogP contribution is -1.98. The van der Waals surface area contributed by atoms with E-state index in [-0.39, 0.29) is 5.94 Å². The second-order valence-corrected chi connectivity index (χ2v) is 2.47. The molecule has 1 rings (SSSR count). The highest BCUT2D eigenvalue weighted by molar-refractivity contribution is 7.99. The molecule has 0 N–H and O–H groups in total.